The highest BCUT2D eigenvalue weighted by Crippen LogP contribution is 2.33. The number of Topliss-reactive ketones (excluding diaryl/α,β-unsaturated/α-hetero) is 1. The van der Waals surface area contributed by atoms with Crippen molar-refractivity contribution in [1.82, 2.24) is 0 Å². The number of rotatable bonds is 18. The van der Waals surface area contributed by atoms with Crippen LogP contribution >= 0.6 is 0 Å². The molecular formula is C50H54O12. The Bertz CT molecular complexity index is 2070. The van der Waals surface area contributed by atoms with E-state index in [1.165, 1.54) is 0 Å². The number of hydrogen-bond donors (Lipinski definition) is 1. The van der Waals surface area contributed by atoms with E-state index in [1.807, 2.05) is 19.1 Å². The number of carbonyl (C=O) groups excluding carboxylic acids is 5. The Hall–Kier alpha value is -6.21. The zero-order valence-corrected chi connectivity index (χ0v) is 35.0. The van der Waals surface area contributed by atoms with Gasteiger partial charge in [0.2, 0.25) is 0 Å². The fourth-order valence-electron chi connectivity index (χ4n) is 7.13. The first kappa shape index (κ1) is 46.8. The molecule has 9 atom stereocenters. The number of aliphatic hydroxyl groups is 1. The van der Waals surface area contributed by atoms with Crippen molar-refractivity contribution in [2.24, 2.45) is 11.8 Å². The van der Waals surface area contributed by atoms with E-state index in [4.69, 9.17) is 28.4 Å². The van der Waals surface area contributed by atoms with Gasteiger partial charge in [0.15, 0.2) is 5.78 Å². The summed E-state index contributed by atoms with van der Waals surface area (Å²) in [5.74, 6) is -2.55. The van der Waals surface area contributed by atoms with Gasteiger partial charge in [0.05, 0.1) is 46.7 Å². The molecule has 4 aromatic carbocycles. The largest absolute Gasteiger partial charge is 0.458 e. The lowest BCUT2D eigenvalue weighted by Crippen LogP contribution is -2.32. The van der Waals surface area contributed by atoms with E-state index in [9.17, 15) is 29.1 Å². The Kier molecular flexibility index (Phi) is 17.9. The van der Waals surface area contributed by atoms with E-state index in [2.05, 4.69) is 13.2 Å². The maximum absolute atomic E-state index is 12.6. The number of ketones is 1. The molecule has 0 unspecified atom stereocenters. The maximum atomic E-state index is 12.6. The molecule has 1 N–H and O–H groups in total. The van der Waals surface area contributed by atoms with Crippen LogP contribution in [0.2, 0.25) is 0 Å². The molecule has 0 bridgehead atoms. The molecule has 0 amide bonds. The summed E-state index contributed by atoms with van der Waals surface area (Å²) in [6.07, 6.45) is 1.04. The van der Waals surface area contributed by atoms with Crippen molar-refractivity contribution >= 4 is 29.7 Å². The number of ether oxygens (including phenoxy) is 6. The maximum Gasteiger partial charge on any atom is 0.338 e. The first-order valence-corrected chi connectivity index (χ1v) is 20.7. The predicted octanol–water partition coefficient (Wildman–Crippen LogP) is 7.81. The summed E-state index contributed by atoms with van der Waals surface area (Å²) >= 11 is 0. The fourth-order valence-corrected chi connectivity index (χ4v) is 7.13. The minimum atomic E-state index is -0.761. The van der Waals surface area contributed by atoms with E-state index in [0.29, 0.717) is 41.5 Å². The molecule has 326 valence electrons. The van der Waals surface area contributed by atoms with Gasteiger partial charge in [-0.05, 0) is 61.4 Å². The second-order valence-corrected chi connectivity index (χ2v) is 15.2. The molecule has 0 aromatic heterocycles. The highest BCUT2D eigenvalue weighted by atomic mass is 16.6. The number of hydrogen-bond acceptors (Lipinski definition) is 12. The second-order valence-electron chi connectivity index (χ2n) is 15.2. The molecule has 2 fully saturated rings. The van der Waals surface area contributed by atoms with Crippen LogP contribution < -0.4 is 0 Å². The molecule has 62 heavy (non-hydrogen) atoms. The third kappa shape index (κ3) is 13.4. The second kappa shape index (κ2) is 23.7. The summed E-state index contributed by atoms with van der Waals surface area (Å²) in [6, 6.07) is 34.4. The third-order valence-electron chi connectivity index (χ3n) is 10.7. The molecule has 0 radical (unpaired) electrons. The summed E-state index contributed by atoms with van der Waals surface area (Å²) in [4.78, 5) is 62.3. The number of esters is 4. The van der Waals surface area contributed by atoms with E-state index in [0.717, 1.165) is 0 Å². The summed E-state index contributed by atoms with van der Waals surface area (Å²) in [5, 5.41) is 10.4. The van der Waals surface area contributed by atoms with Gasteiger partial charge in [0, 0.05) is 24.7 Å². The Labute approximate surface area is 362 Å². The van der Waals surface area contributed by atoms with Crippen LogP contribution in [0, 0.1) is 11.8 Å². The van der Waals surface area contributed by atoms with Gasteiger partial charge in [-0.3, -0.25) is 4.79 Å². The van der Waals surface area contributed by atoms with Gasteiger partial charge in [-0.1, -0.05) is 98.8 Å². The van der Waals surface area contributed by atoms with Crippen molar-refractivity contribution in [3.8, 4) is 0 Å². The van der Waals surface area contributed by atoms with Crippen molar-refractivity contribution in [3.63, 3.8) is 0 Å². The van der Waals surface area contributed by atoms with Gasteiger partial charge >= 0.3 is 23.9 Å². The smallest absolute Gasteiger partial charge is 0.338 e. The lowest BCUT2D eigenvalue weighted by Gasteiger charge is -2.23. The first-order valence-electron chi connectivity index (χ1n) is 20.7. The normalized spacial score (nSPS) is 22.5. The van der Waals surface area contributed by atoms with Gasteiger partial charge in [0.1, 0.15) is 31.5 Å². The number of aliphatic hydroxyl groups excluding tert-OH is 1. The van der Waals surface area contributed by atoms with Crippen LogP contribution in [0.5, 0.6) is 0 Å². The van der Waals surface area contributed by atoms with E-state index >= 15 is 0 Å². The summed E-state index contributed by atoms with van der Waals surface area (Å²) < 4.78 is 34.0. The Morgan fingerprint density at radius 1 is 0.581 bits per heavy atom. The molecule has 12 nitrogen and oxygen atoms in total. The molecule has 2 saturated heterocycles. The van der Waals surface area contributed by atoms with Crippen LogP contribution in [0.25, 0.3) is 0 Å². The average Bonchev–Trinajstić information content (AvgIpc) is 3.72. The molecule has 2 aliphatic rings. The van der Waals surface area contributed by atoms with Crippen molar-refractivity contribution in [1.29, 1.82) is 0 Å². The zero-order valence-electron chi connectivity index (χ0n) is 35.0. The number of carbonyl (C=O) groups is 5. The van der Waals surface area contributed by atoms with Crippen LogP contribution in [0.3, 0.4) is 0 Å². The lowest BCUT2D eigenvalue weighted by molar-refractivity contribution is -0.124. The van der Waals surface area contributed by atoms with Crippen molar-refractivity contribution in [3.05, 3.63) is 169 Å². The van der Waals surface area contributed by atoms with Gasteiger partial charge in [-0.15, -0.1) is 13.2 Å². The van der Waals surface area contributed by atoms with Crippen molar-refractivity contribution < 1.29 is 57.5 Å². The zero-order chi connectivity index (χ0) is 44.4. The fraction of sp³-hybridized carbons (Fsp3) is 0.340. The highest BCUT2D eigenvalue weighted by molar-refractivity contribution is 5.91. The predicted molar refractivity (Wildman–Crippen MR) is 230 cm³/mol. The molecule has 6 rings (SSSR count). The van der Waals surface area contributed by atoms with Crippen LogP contribution in [0.15, 0.2) is 147 Å². The monoisotopic (exact) mass is 846 g/mol. The quantitative estimate of drug-likeness (QED) is 0.0589. The van der Waals surface area contributed by atoms with Gasteiger partial charge < -0.3 is 33.5 Å². The molecule has 2 aliphatic heterocycles. The Morgan fingerprint density at radius 3 is 1.37 bits per heavy atom. The molecule has 0 spiro atoms. The van der Waals surface area contributed by atoms with Crippen LogP contribution in [0.1, 0.15) is 81.0 Å². The molecule has 2 heterocycles. The molecule has 0 saturated carbocycles. The topological polar surface area (TPSA) is 161 Å². The molecular weight excluding hydrogens is 793 g/mol. The minimum Gasteiger partial charge on any atom is -0.458 e. The standard InChI is InChI=1S/C25H28O6.C25H26O6/c2*1-3-10-21-23(26)17(2)22(31-21)15-20(30-25(28)19-13-8-5-9-14-19)16-29-24(27)18-11-6-4-7-12-18/h3-9,11-14,17,20-23,26H,1,10,15-16H2,2H3;3-9,11-14,17,20-22H,1,10,15-16H2,2H3/t17-,20-,21-,22+,23+;17-,20-,21-,22+/m00/s1. The van der Waals surface area contributed by atoms with E-state index in [-0.39, 0.29) is 49.5 Å². The Morgan fingerprint density at radius 2 is 0.968 bits per heavy atom. The van der Waals surface area contributed by atoms with E-state index < -0.39 is 54.4 Å². The molecule has 4 aromatic rings. The van der Waals surface area contributed by atoms with Crippen molar-refractivity contribution in [2.45, 2.75) is 82.3 Å². The molecule has 0 aliphatic carbocycles. The lowest BCUT2D eigenvalue weighted by atomic mass is 9.94. The SMILES string of the molecule is C=CC[C@@H]1O[C@H](C[C@@H](COC(=O)c2ccccc2)OC(=O)c2ccccc2)[C@H](C)C1=O.C=CC[C@@H]1O[C@H](C[C@@H](COC(=O)c2ccccc2)OC(=O)c2ccccc2)[C@H](C)[C@H]1O. The van der Waals surface area contributed by atoms with E-state index in [1.54, 1.807) is 128 Å². The van der Waals surface area contributed by atoms with Gasteiger partial charge in [0.25, 0.3) is 0 Å². The third-order valence-corrected chi connectivity index (χ3v) is 10.7. The first-order chi connectivity index (χ1) is 30.0. The summed E-state index contributed by atoms with van der Waals surface area (Å²) in [6.45, 7) is 10.8. The van der Waals surface area contributed by atoms with Crippen LogP contribution in [-0.4, -0.2) is 90.7 Å². The average molecular weight is 847 g/mol. The highest BCUT2D eigenvalue weighted by Gasteiger charge is 2.43. The van der Waals surface area contributed by atoms with Crippen LogP contribution in [-0.2, 0) is 33.2 Å². The minimum absolute atomic E-state index is 0.000633. The summed E-state index contributed by atoms with van der Waals surface area (Å²) in [5.41, 5.74) is 1.62. The number of benzene rings is 4. The van der Waals surface area contributed by atoms with Gasteiger partial charge in [-0.25, -0.2) is 19.2 Å². The van der Waals surface area contributed by atoms with Crippen molar-refractivity contribution in [2.75, 3.05) is 13.2 Å². The van der Waals surface area contributed by atoms with Gasteiger partial charge in [-0.2, -0.15) is 0 Å². The van der Waals surface area contributed by atoms with Crippen LogP contribution in [0.4, 0.5) is 0 Å². The Balaban J connectivity index is 0.000000234. The molecule has 12 heteroatoms. The summed E-state index contributed by atoms with van der Waals surface area (Å²) in [7, 11) is 0.